The van der Waals surface area contributed by atoms with E-state index in [-0.39, 0.29) is 17.6 Å². The highest BCUT2D eigenvalue weighted by Gasteiger charge is 2.36. The van der Waals surface area contributed by atoms with Gasteiger partial charge >= 0.3 is 12.1 Å². The summed E-state index contributed by atoms with van der Waals surface area (Å²) in [6.45, 7) is 20.4. The Labute approximate surface area is 373 Å². The monoisotopic (exact) mass is 845 g/mol. The van der Waals surface area contributed by atoms with Crippen LogP contribution in [-0.4, -0.2) is 39.9 Å². The molecular weight excluding hydrogens is 773 g/mol. The van der Waals surface area contributed by atoms with Crippen molar-refractivity contribution in [2.75, 3.05) is 27.8 Å². The van der Waals surface area contributed by atoms with Gasteiger partial charge in [0.1, 0.15) is 5.75 Å². The maximum absolute atomic E-state index is 10.5. The summed E-state index contributed by atoms with van der Waals surface area (Å²) in [5.74, 6) is 0.387. The number of methoxy groups -OCH3 is 2. The van der Waals surface area contributed by atoms with Crippen molar-refractivity contribution in [3.8, 4) is 16.9 Å². The summed E-state index contributed by atoms with van der Waals surface area (Å²) in [5.41, 5.74) is 16.0. The molecule has 0 N–H and O–H groups in total. The fourth-order valence-electron chi connectivity index (χ4n) is 7.49. The third-order valence-electron chi connectivity index (χ3n) is 11.4. The van der Waals surface area contributed by atoms with Crippen LogP contribution >= 0.6 is 0 Å². The van der Waals surface area contributed by atoms with Crippen LogP contribution in [-0.2, 0) is 47.4 Å². The fourth-order valence-corrected chi connectivity index (χ4v) is 7.49. The molecule has 0 spiro atoms. The molecule has 0 atom stereocenters. The van der Waals surface area contributed by atoms with Crippen molar-refractivity contribution in [1.29, 1.82) is 0 Å². The molecule has 1 saturated carbocycles. The number of benzene rings is 5. The number of carbonyl (C=O) groups excluding carboxylic acids is 2. The summed E-state index contributed by atoms with van der Waals surface area (Å²) in [5, 5.41) is 0. The van der Waals surface area contributed by atoms with Crippen LogP contribution < -0.4 is 4.74 Å². The number of rotatable bonds is 10. The van der Waals surface area contributed by atoms with Gasteiger partial charge in [0.15, 0.2) is 6.79 Å². The van der Waals surface area contributed by atoms with Crippen LogP contribution in [0.4, 0.5) is 4.79 Å². The third-order valence-corrected chi connectivity index (χ3v) is 11.4. The Morgan fingerprint density at radius 2 is 1.03 bits per heavy atom. The Kier molecular flexibility index (Phi) is 21.0. The zero-order valence-electron chi connectivity index (χ0n) is 39.6. The van der Waals surface area contributed by atoms with Gasteiger partial charge in [0.25, 0.3) is 0 Å². The largest absolute Gasteiger partial charge is 0.513 e. The second kappa shape index (κ2) is 25.5. The van der Waals surface area contributed by atoms with E-state index < -0.39 is 18.9 Å². The Hall–Kier alpha value is -5.40. The van der Waals surface area contributed by atoms with Crippen LogP contribution in [0.5, 0.6) is 5.75 Å². The predicted octanol–water partition coefficient (Wildman–Crippen LogP) is 13.9. The first-order chi connectivity index (χ1) is 29.6. The number of esters is 1. The van der Waals surface area contributed by atoms with E-state index in [0.717, 1.165) is 18.6 Å². The molecule has 1 aliphatic carbocycles. The molecular formula is C55H72O7. The van der Waals surface area contributed by atoms with Crippen molar-refractivity contribution >= 4 is 12.1 Å². The first-order valence-electron chi connectivity index (χ1n) is 22.0. The standard InChI is InChI=1S/C24H32.C14H14.C11H16O.C6H10O6/c1-5-20-16-22(12-10-18(20)3)24(14-8-7-9-15-24)23-13-11-19(4)21(6-2)17-23;1-11-3-7-13(8-4-11)14-9-5-12(2)6-10-14;1-11(2,3)9-5-7-10(12-4)8-6-9;1-5(7)10-4-12-6(8)11-3-9-2/h10-13,16-17H,5-9,14-15H2,1-4H3;3-10H,1-2H3;5-8H,1-4H3;3-4H2,1-2H3. The summed E-state index contributed by atoms with van der Waals surface area (Å²) in [7, 11) is 3.05. The zero-order valence-corrected chi connectivity index (χ0v) is 39.6. The summed E-state index contributed by atoms with van der Waals surface area (Å²) < 4.78 is 22.3. The second-order valence-corrected chi connectivity index (χ2v) is 17.0. The molecule has 0 bridgehead atoms. The summed E-state index contributed by atoms with van der Waals surface area (Å²) in [6.07, 6.45) is 8.00. The van der Waals surface area contributed by atoms with Crippen molar-refractivity contribution in [2.45, 2.75) is 125 Å². The van der Waals surface area contributed by atoms with Crippen LogP contribution in [0, 0.1) is 27.7 Å². The van der Waals surface area contributed by atoms with E-state index in [2.05, 4.69) is 178 Å². The van der Waals surface area contributed by atoms with Gasteiger partial charge in [-0.05, 0) is 121 Å². The average Bonchev–Trinajstić information content (AvgIpc) is 3.27. The van der Waals surface area contributed by atoms with Crippen LogP contribution in [0.15, 0.2) is 109 Å². The molecule has 6 rings (SSSR count). The number of hydrogen-bond acceptors (Lipinski definition) is 7. The SMILES string of the molecule is CCc1cc(C2(c3ccc(C)c(CC)c3)CCCCC2)ccc1C.COCOC(=O)OCOC(C)=O.COc1ccc(C(C)(C)C)cc1.Cc1ccc(-c2ccc(C)cc2)cc1. The molecule has 0 amide bonds. The summed E-state index contributed by atoms with van der Waals surface area (Å²) in [6, 6.07) is 40.0. The van der Waals surface area contributed by atoms with E-state index in [9.17, 15) is 9.59 Å². The van der Waals surface area contributed by atoms with Crippen molar-refractivity contribution in [3.05, 3.63) is 159 Å². The maximum Gasteiger partial charge on any atom is 0.513 e. The molecule has 0 radical (unpaired) electrons. The van der Waals surface area contributed by atoms with E-state index in [4.69, 9.17) is 4.74 Å². The Morgan fingerprint density at radius 1 is 0.581 bits per heavy atom. The summed E-state index contributed by atoms with van der Waals surface area (Å²) in [4.78, 5) is 20.6. The average molecular weight is 845 g/mol. The highest BCUT2D eigenvalue weighted by atomic mass is 16.8. The first kappa shape index (κ1) is 51.0. The van der Waals surface area contributed by atoms with Crippen molar-refractivity contribution < 1.29 is 33.3 Å². The van der Waals surface area contributed by atoms with Gasteiger partial charge in [-0.3, -0.25) is 4.79 Å². The van der Waals surface area contributed by atoms with Gasteiger partial charge in [-0.2, -0.15) is 0 Å². The maximum atomic E-state index is 10.5. The molecule has 1 fully saturated rings. The quantitative estimate of drug-likeness (QED) is 0.102. The molecule has 0 heterocycles. The van der Waals surface area contributed by atoms with Crippen LogP contribution in [0.2, 0.25) is 0 Å². The Bertz CT molecular complexity index is 1990. The fraction of sp³-hybridized carbons (Fsp3) is 0.418. The molecule has 334 valence electrons. The molecule has 0 aliphatic heterocycles. The van der Waals surface area contributed by atoms with E-state index >= 15 is 0 Å². The molecule has 5 aromatic carbocycles. The molecule has 0 saturated heterocycles. The molecule has 0 unspecified atom stereocenters. The minimum atomic E-state index is -0.946. The van der Waals surface area contributed by atoms with Gasteiger partial charge in [0.2, 0.25) is 6.79 Å². The lowest BCUT2D eigenvalue weighted by molar-refractivity contribution is -0.151. The van der Waals surface area contributed by atoms with Gasteiger partial charge in [0.05, 0.1) is 7.11 Å². The molecule has 7 nitrogen and oxygen atoms in total. The topological polar surface area (TPSA) is 80.3 Å². The van der Waals surface area contributed by atoms with Crippen molar-refractivity contribution in [3.63, 3.8) is 0 Å². The van der Waals surface area contributed by atoms with E-state index in [1.54, 1.807) is 18.2 Å². The lowest BCUT2D eigenvalue weighted by Gasteiger charge is -2.39. The Morgan fingerprint density at radius 3 is 1.42 bits per heavy atom. The predicted molar refractivity (Wildman–Crippen MR) is 254 cm³/mol. The molecule has 62 heavy (non-hydrogen) atoms. The number of hydrogen-bond donors (Lipinski definition) is 0. The van der Waals surface area contributed by atoms with E-state index in [1.807, 2.05) is 12.1 Å². The van der Waals surface area contributed by atoms with Crippen molar-refractivity contribution in [1.82, 2.24) is 0 Å². The lowest BCUT2D eigenvalue weighted by atomic mass is 9.64. The van der Waals surface area contributed by atoms with Crippen LogP contribution in [0.1, 0.15) is 124 Å². The van der Waals surface area contributed by atoms with Crippen molar-refractivity contribution in [2.24, 2.45) is 0 Å². The molecule has 1 aliphatic rings. The van der Waals surface area contributed by atoms with Gasteiger partial charge in [0, 0.05) is 19.4 Å². The normalized spacial score (nSPS) is 12.8. The smallest absolute Gasteiger partial charge is 0.497 e. The van der Waals surface area contributed by atoms with E-state index in [1.165, 1.54) is 96.2 Å². The molecule has 7 heteroatoms. The van der Waals surface area contributed by atoms with E-state index in [0.29, 0.717) is 0 Å². The van der Waals surface area contributed by atoms with Gasteiger partial charge < -0.3 is 23.7 Å². The third kappa shape index (κ3) is 16.1. The van der Waals surface area contributed by atoms with Gasteiger partial charge in [-0.1, -0.05) is 162 Å². The van der Waals surface area contributed by atoms with Crippen LogP contribution in [0.25, 0.3) is 11.1 Å². The highest BCUT2D eigenvalue weighted by molar-refractivity contribution is 5.66. The first-order valence-corrected chi connectivity index (χ1v) is 22.0. The second-order valence-electron chi connectivity index (χ2n) is 17.0. The van der Waals surface area contributed by atoms with Gasteiger partial charge in [-0.25, -0.2) is 4.79 Å². The van der Waals surface area contributed by atoms with Crippen LogP contribution in [0.3, 0.4) is 0 Å². The Balaban J connectivity index is 0.000000233. The lowest BCUT2D eigenvalue weighted by Crippen LogP contribution is -2.31. The minimum absolute atomic E-state index is 0.196. The molecule has 0 aromatic heterocycles. The zero-order chi connectivity index (χ0) is 45.7. The summed E-state index contributed by atoms with van der Waals surface area (Å²) >= 11 is 0. The number of ether oxygens (including phenoxy) is 5. The number of carbonyl (C=O) groups is 2. The minimum Gasteiger partial charge on any atom is -0.497 e. The number of aryl methyl sites for hydroxylation is 6. The van der Waals surface area contributed by atoms with Gasteiger partial charge in [-0.15, -0.1) is 0 Å². The molecule has 5 aromatic rings. The highest BCUT2D eigenvalue weighted by Crippen LogP contribution is 2.46.